The van der Waals surface area contributed by atoms with Crippen LogP contribution in [0.25, 0.3) is 22.4 Å². The van der Waals surface area contributed by atoms with Crippen molar-refractivity contribution in [3.63, 3.8) is 0 Å². The standard InChI is InChI=1S/C21H18F3NO2/c1-3-27-20-13-16(14-4-8-17(9-5-14)21(22,23)24)12-19(25-20)15-6-10-18(26-2)11-7-15/h4-13H,3H2,1-2H3. The van der Waals surface area contributed by atoms with E-state index in [4.69, 9.17) is 9.47 Å². The van der Waals surface area contributed by atoms with Crippen LogP contribution in [0.1, 0.15) is 12.5 Å². The van der Waals surface area contributed by atoms with Crippen LogP contribution in [-0.4, -0.2) is 18.7 Å². The van der Waals surface area contributed by atoms with E-state index in [1.54, 1.807) is 13.2 Å². The number of nitrogens with zero attached hydrogens (tertiary/aromatic N) is 1. The lowest BCUT2D eigenvalue weighted by Crippen LogP contribution is -2.04. The molecule has 3 aromatic rings. The zero-order valence-electron chi connectivity index (χ0n) is 14.9. The van der Waals surface area contributed by atoms with Gasteiger partial charge in [-0.1, -0.05) is 12.1 Å². The van der Waals surface area contributed by atoms with Gasteiger partial charge >= 0.3 is 6.18 Å². The fourth-order valence-electron chi connectivity index (χ4n) is 2.66. The molecule has 2 aromatic carbocycles. The monoisotopic (exact) mass is 373 g/mol. The quantitative estimate of drug-likeness (QED) is 0.563. The molecule has 0 unspecified atom stereocenters. The Morgan fingerprint density at radius 3 is 2.04 bits per heavy atom. The Kier molecular flexibility index (Phi) is 5.35. The van der Waals surface area contributed by atoms with Crippen molar-refractivity contribution >= 4 is 0 Å². The first kappa shape index (κ1) is 18.8. The normalized spacial score (nSPS) is 11.3. The number of hydrogen-bond acceptors (Lipinski definition) is 3. The zero-order valence-corrected chi connectivity index (χ0v) is 14.9. The highest BCUT2D eigenvalue weighted by Gasteiger charge is 2.30. The molecular formula is C21H18F3NO2. The third-order valence-electron chi connectivity index (χ3n) is 4.03. The lowest BCUT2D eigenvalue weighted by Gasteiger charge is -2.11. The third kappa shape index (κ3) is 4.39. The summed E-state index contributed by atoms with van der Waals surface area (Å²) < 4.78 is 49.1. The lowest BCUT2D eigenvalue weighted by atomic mass is 10.0. The van der Waals surface area contributed by atoms with Crippen LogP contribution >= 0.6 is 0 Å². The molecule has 0 saturated carbocycles. The third-order valence-corrected chi connectivity index (χ3v) is 4.03. The molecule has 27 heavy (non-hydrogen) atoms. The van der Waals surface area contributed by atoms with E-state index in [-0.39, 0.29) is 0 Å². The van der Waals surface area contributed by atoms with Crippen molar-refractivity contribution in [1.29, 1.82) is 0 Å². The topological polar surface area (TPSA) is 31.4 Å². The second-order valence-corrected chi connectivity index (χ2v) is 5.82. The fraction of sp³-hybridized carbons (Fsp3) is 0.190. The fourth-order valence-corrected chi connectivity index (χ4v) is 2.66. The van der Waals surface area contributed by atoms with Gasteiger partial charge in [0, 0.05) is 11.6 Å². The van der Waals surface area contributed by atoms with Gasteiger partial charge in [-0.2, -0.15) is 13.2 Å². The van der Waals surface area contributed by atoms with Gasteiger partial charge < -0.3 is 9.47 Å². The molecule has 6 heteroatoms. The summed E-state index contributed by atoms with van der Waals surface area (Å²) in [5, 5.41) is 0. The van der Waals surface area contributed by atoms with Gasteiger partial charge in [0.15, 0.2) is 0 Å². The molecule has 3 rings (SSSR count). The number of pyridine rings is 1. The Bertz CT molecular complexity index is 904. The first-order valence-electron chi connectivity index (χ1n) is 8.37. The van der Waals surface area contributed by atoms with E-state index in [1.807, 2.05) is 37.3 Å². The molecule has 0 spiro atoms. The van der Waals surface area contributed by atoms with E-state index in [0.29, 0.717) is 23.7 Å². The molecule has 0 aliphatic heterocycles. The van der Waals surface area contributed by atoms with Crippen LogP contribution in [0.4, 0.5) is 13.2 Å². The van der Waals surface area contributed by atoms with Gasteiger partial charge in [-0.15, -0.1) is 0 Å². The molecule has 140 valence electrons. The van der Waals surface area contributed by atoms with Crippen molar-refractivity contribution in [2.45, 2.75) is 13.1 Å². The number of hydrogen-bond donors (Lipinski definition) is 0. The molecule has 1 aromatic heterocycles. The Hall–Kier alpha value is -3.02. The number of rotatable bonds is 5. The van der Waals surface area contributed by atoms with Crippen molar-refractivity contribution in [3.05, 3.63) is 66.2 Å². The molecule has 3 nitrogen and oxygen atoms in total. The Labute approximate surface area is 155 Å². The van der Waals surface area contributed by atoms with E-state index in [9.17, 15) is 13.2 Å². The van der Waals surface area contributed by atoms with Crippen molar-refractivity contribution < 1.29 is 22.6 Å². The van der Waals surface area contributed by atoms with Gasteiger partial charge in [0.25, 0.3) is 0 Å². The van der Waals surface area contributed by atoms with E-state index in [1.165, 1.54) is 12.1 Å². The molecule has 0 bridgehead atoms. The zero-order chi connectivity index (χ0) is 19.4. The predicted molar refractivity (Wildman–Crippen MR) is 97.8 cm³/mol. The summed E-state index contributed by atoms with van der Waals surface area (Å²) in [5.74, 6) is 1.14. The molecular weight excluding hydrogens is 355 g/mol. The number of halogens is 3. The summed E-state index contributed by atoms with van der Waals surface area (Å²) in [4.78, 5) is 4.49. The average molecular weight is 373 g/mol. The van der Waals surface area contributed by atoms with E-state index < -0.39 is 11.7 Å². The second-order valence-electron chi connectivity index (χ2n) is 5.82. The summed E-state index contributed by atoms with van der Waals surface area (Å²) in [7, 11) is 1.59. The molecule has 0 radical (unpaired) electrons. The van der Waals surface area contributed by atoms with Gasteiger partial charge in [-0.3, -0.25) is 0 Å². The number of methoxy groups -OCH3 is 1. The van der Waals surface area contributed by atoms with Crippen molar-refractivity contribution in [2.24, 2.45) is 0 Å². The Morgan fingerprint density at radius 2 is 1.48 bits per heavy atom. The maximum Gasteiger partial charge on any atom is 0.416 e. The van der Waals surface area contributed by atoms with Crippen LogP contribution in [0.5, 0.6) is 11.6 Å². The van der Waals surface area contributed by atoms with Gasteiger partial charge in [0.2, 0.25) is 5.88 Å². The maximum absolute atomic E-state index is 12.8. The summed E-state index contributed by atoms with van der Waals surface area (Å²) in [6, 6.07) is 16.0. The first-order valence-corrected chi connectivity index (χ1v) is 8.37. The summed E-state index contributed by atoms with van der Waals surface area (Å²) in [6.45, 7) is 2.28. The highest BCUT2D eigenvalue weighted by Crippen LogP contribution is 2.33. The van der Waals surface area contributed by atoms with E-state index in [2.05, 4.69) is 4.98 Å². The average Bonchev–Trinajstić information content (AvgIpc) is 2.67. The molecule has 0 aliphatic rings. The van der Waals surface area contributed by atoms with Crippen molar-refractivity contribution in [3.8, 4) is 34.0 Å². The van der Waals surface area contributed by atoms with E-state index in [0.717, 1.165) is 29.0 Å². The van der Waals surface area contributed by atoms with Gasteiger partial charge in [0.1, 0.15) is 5.75 Å². The highest BCUT2D eigenvalue weighted by atomic mass is 19.4. The SMILES string of the molecule is CCOc1cc(-c2ccc(C(F)(F)F)cc2)cc(-c2ccc(OC)cc2)n1. The minimum Gasteiger partial charge on any atom is -0.497 e. The first-order chi connectivity index (χ1) is 12.9. The van der Waals surface area contributed by atoms with Crippen LogP contribution < -0.4 is 9.47 Å². The van der Waals surface area contributed by atoms with Crippen LogP contribution in [0.15, 0.2) is 60.7 Å². The largest absolute Gasteiger partial charge is 0.497 e. The minimum absolute atomic E-state index is 0.417. The molecule has 0 aliphatic carbocycles. The molecule has 0 fully saturated rings. The van der Waals surface area contributed by atoms with Gasteiger partial charge in [-0.25, -0.2) is 4.98 Å². The van der Waals surface area contributed by atoms with Crippen LogP contribution in [0.2, 0.25) is 0 Å². The number of ether oxygens (including phenoxy) is 2. The van der Waals surface area contributed by atoms with Gasteiger partial charge in [0.05, 0.1) is 25.0 Å². The summed E-state index contributed by atoms with van der Waals surface area (Å²) in [6.07, 6.45) is -4.36. The lowest BCUT2D eigenvalue weighted by molar-refractivity contribution is -0.137. The smallest absolute Gasteiger partial charge is 0.416 e. The summed E-state index contributed by atoms with van der Waals surface area (Å²) >= 11 is 0. The van der Waals surface area contributed by atoms with E-state index >= 15 is 0 Å². The highest BCUT2D eigenvalue weighted by molar-refractivity contribution is 5.72. The maximum atomic E-state index is 12.8. The summed E-state index contributed by atoms with van der Waals surface area (Å²) in [5.41, 5.74) is 2.22. The van der Waals surface area contributed by atoms with Gasteiger partial charge in [-0.05, 0) is 60.5 Å². The number of aromatic nitrogens is 1. The van der Waals surface area contributed by atoms with Crippen molar-refractivity contribution in [2.75, 3.05) is 13.7 Å². The molecule has 0 amide bonds. The predicted octanol–water partition coefficient (Wildman–Crippen LogP) is 5.84. The second kappa shape index (κ2) is 7.70. The van der Waals surface area contributed by atoms with Crippen LogP contribution in [0.3, 0.4) is 0 Å². The Morgan fingerprint density at radius 1 is 0.852 bits per heavy atom. The number of alkyl halides is 3. The molecule has 1 heterocycles. The Balaban J connectivity index is 2.02. The van der Waals surface area contributed by atoms with Crippen molar-refractivity contribution in [1.82, 2.24) is 4.98 Å². The minimum atomic E-state index is -4.36. The molecule has 0 N–H and O–H groups in total. The molecule has 0 atom stereocenters. The number of benzene rings is 2. The van der Waals surface area contributed by atoms with Crippen LogP contribution in [0, 0.1) is 0 Å². The van der Waals surface area contributed by atoms with Crippen LogP contribution in [-0.2, 0) is 6.18 Å². The molecule has 0 saturated heterocycles.